The molecule has 8 heteroatoms. The third-order valence-electron chi connectivity index (χ3n) is 4.06. The van der Waals surface area contributed by atoms with E-state index in [1.54, 1.807) is 0 Å². The van der Waals surface area contributed by atoms with Crippen LogP contribution in [0.1, 0.15) is 44.9 Å². The fourth-order valence-electron chi connectivity index (χ4n) is 2.91. The summed E-state index contributed by atoms with van der Waals surface area (Å²) >= 11 is 0. The summed E-state index contributed by atoms with van der Waals surface area (Å²) in [6, 6.07) is -1.17. The van der Waals surface area contributed by atoms with Gasteiger partial charge in [0, 0.05) is 12.6 Å². The molecule has 2 fully saturated rings. The molecule has 0 aromatic carbocycles. The van der Waals surface area contributed by atoms with Crippen molar-refractivity contribution in [3.63, 3.8) is 0 Å². The monoisotopic (exact) mass is 306 g/mol. The van der Waals surface area contributed by atoms with E-state index >= 15 is 0 Å². The zero-order valence-corrected chi connectivity index (χ0v) is 12.2. The lowest BCUT2D eigenvalue weighted by atomic mass is 9.94. The molecule has 2 aliphatic rings. The van der Waals surface area contributed by atoms with E-state index in [9.17, 15) is 18.3 Å². The largest absolute Gasteiger partial charge is 0.480 e. The fourth-order valence-corrected chi connectivity index (χ4v) is 4.60. The first-order valence-corrected chi connectivity index (χ1v) is 8.54. The van der Waals surface area contributed by atoms with E-state index in [1.165, 1.54) is 0 Å². The van der Waals surface area contributed by atoms with Crippen molar-refractivity contribution in [2.45, 2.75) is 63.1 Å². The van der Waals surface area contributed by atoms with Crippen LogP contribution in [0.15, 0.2) is 0 Å². The highest BCUT2D eigenvalue weighted by molar-refractivity contribution is 7.87. The number of piperidine rings is 1. The summed E-state index contributed by atoms with van der Waals surface area (Å²) in [5.74, 6) is -1.09. The van der Waals surface area contributed by atoms with Crippen LogP contribution in [0.3, 0.4) is 0 Å². The predicted molar refractivity (Wildman–Crippen MR) is 72.3 cm³/mol. The number of aliphatic hydroxyl groups is 1. The van der Waals surface area contributed by atoms with Crippen LogP contribution < -0.4 is 4.72 Å². The third-order valence-corrected chi connectivity index (χ3v) is 5.75. The molecule has 1 unspecified atom stereocenters. The van der Waals surface area contributed by atoms with E-state index in [1.807, 2.05) is 0 Å². The van der Waals surface area contributed by atoms with E-state index < -0.39 is 22.2 Å². The van der Waals surface area contributed by atoms with E-state index in [0.717, 1.165) is 10.7 Å². The quantitative estimate of drug-likeness (QED) is 0.681. The first-order chi connectivity index (χ1) is 9.40. The number of nitrogens with one attached hydrogen (secondary N) is 1. The number of nitrogens with zero attached hydrogens (tertiary/aromatic N) is 1. The van der Waals surface area contributed by atoms with Gasteiger partial charge in [-0.1, -0.05) is 0 Å². The van der Waals surface area contributed by atoms with Gasteiger partial charge in [-0.3, -0.25) is 4.79 Å². The number of aliphatic hydroxyl groups excluding tert-OH is 1. The van der Waals surface area contributed by atoms with Crippen molar-refractivity contribution in [1.82, 2.24) is 9.03 Å². The second kappa shape index (κ2) is 6.38. The lowest BCUT2D eigenvalue weighted by Crippen LogP contribution is -2.54. The molecule has 1 aliphatic heterocycles. The van der Waals surface area contributed by atoms with Crippen LogP contribution in [-0.4, -0.2) is 53.6 Å². The normalized spacial score (nSPS) is 33.0. The molecule has 1 aliphatic carbocycles. The van der Waals surface area contributed by atoms with Gasteiger partial charge in [-0.25, -0.2) is 0 Å². The standard InChI is InChI=1S/C12H22N2O5S/c15-10-6-4-9(5-7-10)13-20(18,19)14-8-2-1-3-11(14)12(16)17/h9-11,13,15H,1-8H2,(H,16,17). The van der Waals surface area contributed by atoms with Gasteiger partial charge in [-0.15, -0.1) is 0 Å². The Morgan fingerprint density at radius 3 is 2.35 bits per heavy atom. The van der Waals surface area contributed by atoms with Crippen LogP contribution in [0.25, 0.3) is 0 Å². The minimum absolute atomic E-state index is 0.209. The number of carbonyl (C=O) groups is 1. The van der Waals surface area contributed by atoms with Gasteiger partial charge >= 0.3 is 5.97 Å². The molecule has 2 rings (SSSR count). The van der Waals surface area contributed by atoms with Crippen molar-refractivity contribution in [3.05, 3.63) is 0 Å². The van der Waals surface area contributed by atoms with Gasteiger partial charge in [0.05, 0.1) is 6.10 Å². The summed E-state index contributed by atoms with van der Waals surface area (Å²) in [5.41, 5.74) is 0. The van der Waals surface area contributed by atoms with Crippen LogP contribution in [0.2, 0.25) is 0 Å². The molecule has 0 amide bonds. The average Bonchev–Trinajstić information content (AvgIpc) is 2.41. The van der Waals surface area contributed by atoms with Gasteiger partial charge < -0.3 is 10.2 Å². The number of hydrogen-bond donors (Lipinski definition) is 3. The molecule has 1 heterocycles. The highest BCUT2D eigenvalue weighted by Gasteiger charge is 2.38. The number of carboxylic acids is 1. The second-order valence-electron chi connectivity index (χ2n) is 5.59. The molecule has 1 atom stereocenters. The molecular weight excluding hydrogens is 284 g/mol. The predicted octanol–water partition coefficient (Wildman–Crippen LogP) is 0.0634. The minimum atomic E-state index is -3.77. The number of aliphatic carboxylic acids is 1. The lowest BCUT2D eigenvalue weighted by molar-refractivity contribution is -0.142. The van der Waals surface area contributed by atoms with Gasteiger partial charge in [0.1, 0.15) is 6.04 Å². The Morgan fingerprint density at radius 2 is 1.75 bits per heavy atom. The molecule has 7 nitrogen and oxygen atoms in total. The first kappa shape index (κ1) is 15.7. The summed E-state index contributed by atoms with van der Waals surface area (Å²) in [6.07, 6.45) is 3.77. The van der Waals surface area contributed by atoms with Crippen molar-refractivity contribution >= 4 is 16.2 Å². The molecule has 0 aromatic heterocycles. The molecule has 116 valence electrons. The van der Waals surface area contributed by atoms with E-state index in [2.05, 4.69) is 4.72 Å². The molecule has 0 radical (unpaired) electrons. The molecule has 0 aromatic rings. The Kier molecular flexibility index (Phi) is 5.00. The van der Waals surface area contributed by atoms with Crippen LogP contribution >= 0.6 is 0 Å². The zero-order chi connectivity index (χ0) is 14.8. The smallest absolute Gasteiger partial charge is 0.322 e. The number of carboxylic acid groups (broad SMARTS) is 1. The Bertz CT molecular complexity index is 445. The molecule has 1 saturated carbocycles. The minimum Gasteiger partial charge on any atom is -0.480 e. The number of hydrogen-bond acceptors (Lipinski definition) is 4. The molecular formula is C12H22N2O5S. The maximum Gasteiger partial charge on any atom is 0.322 e. The van der Waals surface area contributed by atoms with Crippen molar-refractivity contribution < 1.29 is 23.4 Å². The molecule has 0 spiro atoms. The van der Waals surface area contributed by atoms with E-state index in [4.69, 9.17) is 5.11 Å². The Labute approximate surface area is 119 Å². The Hall–Kier alpha value is -0.700. The van der Waals surface area contributed by atoms with Gasteiger partial charge in [-0.2, -0.15) is 17.4 Å². The van der Waals surface area contributed by atoms with Crippen LogP contribution in [0, 0.1) is 0 Å². The summed E-state index contributed by atoms with van der Waals surface area (Å²) in [7, 11) is -3.77. The van der Waals surface area contributed by atoms with Gasteiger partial charge in [0.25, 0.3) is 10.2 Å². The van der Waals surface area contributed by atoms with Crippen molar-refractivity contribution in [2.75, 3.05) is 6.54 Å². The third kappa shape index (κ3) is 3.69. The van der Waals surface area contributed by atoms with Gasteiger partial charge in [-0.05, 0) is 44.9 Å². The fraction of sp³-hybridized carbons (Fsp3) is 0.917. The van der Waals surface area contributed by atoms with Crippen LogP contribution in [-0.2, 0) is 15.0 Å². The highest BCUT2D eigenvalue weighted by Crippen LogP contribution is 2.23. The first-order valence-electron chi connectivity index (χ1n) is 7.10. The maximum absolute atomic E-state index is 12.3. The maximum atomic E-state index is 12.3. The summed E-state index contributed by atoms with van der Waals surface area (Å²) < 4.78 is 28.3. The number of rotatable bonds is 4. The van der Waals surface area contributed by atoms with Crippen LogP contribution in [0.4, 0.5) is 0 Å². The lowest BCUT2D eigenvalue weighted by Gasteiger charge is -2.34. The topological polar surface area (TPSA) is 107 Å². The van der Waals surface area contributed by atoms with Gasteiger partial charge in [0.15, 0.2) is 0 Å². The SMILES string of the molecule is O=C(O)C1CCCCN1S(=O)(=O)NC1CCC(O)CC1. The van der Waals surface area contributed by atoms with Crippen LogP contribution in [0.5, 0.6) is 0 Å². The summed E-state index contributed by atoms with van der Waals surface area (Å²) in [4.78, 5) is 11.2. The highest BCUT2D eigenvalue weighted by atomic mass is 32.2. The van der Waals surface area contributed by atoms with Crippen molar-refractivity contribution in [2.24, 2.45) is 0 Å². The summed E-state index contributed by atoms with van der Waals surface area (Å²) in [6.45, 7) is 0.252. The molecule has 3 N–H and O–H groups in total. The van der Waals surface area contributed by atoms with E-state index in [-0.39, 0.29) is 18.7 Å². The Balaban J connectivity index is 2.02. The van der Waals surface area contributed by atoms with Crippen molar-refractivity contribution in [1.29, 1.82) is 0 Å². The average molecular weight is 306 g/mol. The summed E-state index contributed by atoms with van der Waals surface area (Å²) in [5, 5.41) is 18.6. The van der Waals surface area contributed by atoms with E-state index in [0.29, 0.717) is 38.5 Å². The Morgan fingerprint density at radius 1 is 1.10 bits per heavy atom. The van der Waals surface area contributed by atoms with Crippen molar-refractivity contribution in [3.8, 4) is 0 Å². The zero-order valence-electron chi connectivity index (χ0n) is 11.4. The molecule has 20 heavy (non-hydrogen) atoms. The molecule has 0 bridgehead atoms. The van der Waals surface area contributed by atoms with Gasteiger partial charge in [0.2, 0.25) is 0 Å². The molecule has 1 saturated heterocycles. The second-order valence-corrected chi connectivity index (χ2v) is 7.24.